The third kappa shape index (κ3) is 6.22. The number of carbonyl (C=O) groups is 2. The number of methoxy groups -OCH3 is 2. The Balaban J connectivity index is 1.69. The Labute approximate surface area is 210 Å². The highest BCUT2D eigenvalue weighted by atomic mass is 35.5. The summed E-state index contributed by atoms with van der Waals surface area (Å²) in [6, 6.07) is 15.2. The lowest BCUT2D eigenvalue weighted by Crippen LogP contribution is -2.34. The van der Waals surface area contributed by atoms with E-state index in [4.69, 9.17) is 33.3 Å². The molecule has 3 rings (SSSR count). The fourth-order valence-corrected chi connectivity index (χ4v) is 3.45. The molecule has 0 unspecified atom stereocenters. The third-order valence-corrected chi connectivity index (χ3v) is 5.22. The minimum atomic E-state index is -0.649. The molecule has 2 amide bonds. The van der Waals surface area contributed by atoms with Gasteiger partial charge in [0.2, 0.25) is 0 Å². The van der Waals surface area contributed by atoms with Crippen molar-refractivity contribution in [2.24, 2.45) is 0 Å². The van der Waals surface area contributed by atoms with Gasteiger partial charge in [-0.1, -0.05) is 23.7 Å². The molecule has 180 valence electrons. The molecule has 0 saturated heterocycles. The highest BCUT2D eigenvalue weighted by molar-refractivity contribution is 7.80. The maximum absolute atomic E-state index is 12.5. The van der Waals surface area contributed by atoms with E-state index in [1.165, 1.54) is 26.4 Å². The normalized spacial score (nSPS) is 10.1. The molecule has 0 saturated carbocycles. The number of thiocarbonyl (C=S) groups is 1. The summed E-state index contributed by atoms with van der Waals surface area (Å²) >= 11 is 11.3. The number of nitro groups is 1. The van der Waals surface area contributed by atoms with Crippen LogP contribution >= 0.6 is 23.8 Å². The van der Waals surface area contributed by atoms with Gasteiger partial charge in [0, 0.05) is 23.4 Å². The summed E-state index contributed by atoms with van der Waals surface area (Å²) < 4.78 is 10.3. The standard InChI is InChI=1S/C23H19ClN4O6S/c1-33-19-10-7-13(11-18(19)28(31)32)21(29)27-23(35)25-14-8-9-17(20(12-14)34-2)26-22(30)15-5-3-4-6-16(15)24/h3-12H,1-2H3,(H,26,30)(H2,25,27,29,35). The molecule has 0 aliphatic carbocycles. The van der Waals surface area contributed by atoms with Gasteiger partial charge < -0.3 is 20.1 Å². The summed E-state index contributed by atoms with van der Waals surface area (Å²) in [4.78, 5) is 35.6. The molecule has 0 atom stereocenters. The predicted molar refractivity (Wildman–Crippen MR) is 136 cm³/mol. The number of carbonyl (C=O) groups excluding carboxylic acids is 2. The van der Waals surface area contributed by atoms with E-state index < -0.39 is 16.7 Å². The molecule has 0 radical (unpaired) electrons. The van der Waals surface area contributed by atoms with E-state index in [2.05, 4.69) is 16.0 Å². The summed E-state index contributed by atoms with van der Waals surface area (Å²) in [5.41, 5.74) is 0.836. The van der Waals surface area contributed by atoms with Gasteiger partial charge in [-0.25, -0.2) is 0 Å². The monoisotopic (exact) mass is 514 g/mol. The van der Waals surface area contributed by atoms with Gasteiger partial charge in [0.15, 0.2) is 10.9 Å². The Morgan fingerprint density at radius 1 is 0.943 bits per heavy atom. The van der Waals surface area contributed by atoms with Crippen LogP contribution in [0.4, 0.5) is 17.1 Å². The lowest BCUT2D eigenvalue weighted by atomic mass is 10.1. The van der Waals surface area contributed by atoms with Gasteiger partial charge in [0.05, 0.1) is 35.4 Å². The Hall–Kier alpha value is -4.22. The molecule has 0 bridgehead atoms. The van der Waals surface area contributed by atoms with Crippen LogP contribution in [-0.2, 0) is 0 Å². The van der Waals surface area contributed by atoms with Crippen LogP contribution in [-0.4, -0.2) is 36.1 Å². The van der Waals surface area contributed by atoms with Crippen molar-refractivity contribution in [1.29, 1.82) is 0 Å². The summed E-state index contributed by atoms with van der Waals surface area (Å²) in [7, 11) is 2.73. The summed E-state index contributed by atoms with van der Waals surface area (Å²) in [6.45, 7) is 0. The first-order chi connectivity index (χ1) is 16.7. The maximum Gasteiger partial charge on any atom is 0.311 e. The van der Waals surface area contributed by atoms with Crippen LogP contribution in [0.1, 0.15) is 20.7 Å². The minimum Gasteiger partial charge on any atom is -0.494 e. The molecule has 12 heteroatoms. The number of hydrogen-bond donors (Lipinski definition) is 3. The van der Waals surface area contributed by atoms with Crippen molar-refractivity contribution in [3.8, 4) is 11.5 Å². The number of amides is 2. The van der Waals surface area contributed by atoms with Crippen LogP contribution in [0.25, 0.3) is 0 Å². The number of hydrogen-bond acceptors (Lipinski definition) is 7. The zero-order chi connectivity index (χ0) is 25.5. The Bertz CT molecular complexity index is 1320. The SMILES string of the molecule is COc1cc(NC(=S)NC(=O)c2ccc(OC)c([N+](=O)[O-])c2)ccc1NC(=O)c1ccccc1Cl. The average Bonchev–Trinajstić information content (AvgIpc) is 2.84. The molecule has 0 aliphatic rings. The molecular weight excluding hydrogens is 496 g/mol. The van der Waals surface area contributed by atoms with Crippen molar-refractivity contribution in [3.05, 3.63) is 86.9 Å². The average molecular weight is 515 g/mol. The van der Waals surface area contributed by atoms with Crippen molar-refractivity contribution in [2.75, 3.05) is 24.9 Å². The van der Waals surface area contributed by atoms with Crippen molar-refractivity contribution >= 4 is 57.8 Å². The molecule has 0 spiro atoms. The zero-order valence-electron chi connectivity index (χ0n) is 18.5. The van der Waals surface area contributed by atoms with Gasteiger partial charge in [-0.05, 0) is 48.6 Å². The number of ether oxygens (including phenoxy) is 2. The molecule has 0 aliphatic heterocycles. The van der Waals surface area contributed by atoms with E-state index in [0.29, 0.717) is 27.7 Å². The van der Waals surface area contributed by atoms with Crippen molar-refractivity contribution in [1.82, 2.24) is 5.32 Å². The van der Waals surface area contributed by atoms with Gasteiger partial charge in [0.1, 0.15) is 5.75 Å². The van der Waals surface area contributed by atoms with Gasteiger partial charge in [-0.15, -0.1) is 0 Å². The second-order valence-electron chi connectivity index (χ2n) is 6.90. The molecule has 0 heterocycles. The van der Waals surface area contributed by atoms with Gasteiger partial charge in [-0.3, -0.25) is 25.0 Å². The van der Waals surface area contributed by atoms with Crippen molar-refractivity contribution < 1.29 is 24.0 Å². The number of benzene rings is 3. The topological polar surface area (TPSA) is 132 Å². The molecule has 10 nitrogen and oxygen atoms in total. The number of nitrogens with zero attached hydrogens (tertiary/aromatic N) is 1. The number of anilines is 2. The molecule has 3 N–H and O–H groups in total. The lowest BCUT2D eigenvalue weighted by molar-refractivity contribution is -0.385. The maximum atomic E-state index is 12.5. The van der Waals surface area contributed by atoms with Crippen molar-refractivity contribution in [2.45, 2.75) is 0 Å². The zero-order valence-corrected chi connectivity index (χ0v) is 20.0. The second-order valence-corrected chi connectivity index (χ2v) is 7.72. The van der Waals surface area contributed by atoms with E-state index in [9.17, 15) is 19.7 Å². The van der Waals surface area contributed by atoms with E-state index >= 15 is 0 Å². The molecule has 0 fully saturated rings. The number of halogens is 1. The number of rotatable bonds is 7. The Morgan fingerprint density at radius 2 is 1.66 bits per heavy atom. The second kappa shape index (κ2) is 11.3. The highest BCUT2D eigenvalue weighted by Gasteiger charge is 2.19. The van der Waals surface area contributed by atoms with Gasteiger partial charge in [0.25, 0.3) is 11.8 Å². The van der Waals surface area contributed by atoms with Gasteiger partial charge >= 0.3 is 5.69 Å². The largest absolute Gasteiger partial charge is 0.494 e. The Kier molecular flexibility index (Phi) is 8.18. The lowest BCUT2D eigenvalue weighted by Gasteiger charge is -2.14. The quantitative estimate of drug-likeness (QED) is 0.236. The molecule has 0 aromatic heterocycles. The van der Waals surface area contributed by atoms with Crippen LogP contribution in [0.3, 0.4) is 0 Å². The first-order valence-corrected chi connectivity index (χ1v) is 10.7. The highest BCUT2D eigenvalue weighted by Crippen LogP contribution is 2.30. The van der Waals surface area contributed by atoms with E-state index in [0.717, 1.165) is 6.07 Å². The van der Waals surface area contributed by atoms with Crippen LogP contribution in [0.15, 0.2) is 60.7 Å². The van der Waals surface area contributed by atoms with Crippen LogP contribution < -0.4 is 25.4 Å². The fourth-order valence-electron chi connectivity index (χ4n) is 3.02. The first kappa shape index (κ1) is 25.4. The summed E-state index contributed by atoms with van der Waals surface area (Å²) in [5, 5.41) is 19.5. The third-order valence-electron chi connectivity index (χ3n) is 4.69. The predicted octanol–water partition coefficient (Wildman–Crippen LogP) is 4.64. The molecule has 3 aromatic rings. The summed E-state index contributed by atoms with van der Waals surface area (Å²) in [5.74, 6) is -0.703. The van der Waals surface area contributed by atoms with E-state index in [1.807, 2.05) is 0 Å². The molecular formula is C23H19ClN4O6S. The van der Waals surface area contributed by atoms with E-state index in [1.54, 1.807) is 42.5 Å². The van der Waals surface area contributed by atoms with Crippen molar-refractivity contribution in [3.63, 3.8) is 0 Å². The number of nitrogens with one attached hydrogen (secondary N) is 3. The minimum absolute atomic E-state index is 0.0249. The van der Waals surface area contributed by atoms with Crippen LogP contribution in [0.2, 0.25) is 5.02 Å². The van der Waals surface area contributed by atoms with Crippen LogP contribution in [0.5, 0.6) is 11.5 Å². The number of nitro benzene ring substituents is 1. The molecule has 35 heavy (non-hydrogen) atoms. The smallest absolute Gasteiger partial charge is 0.311 e. The van der Waals surface area contributed by atoms with Gasteiger partial charge in [-0.2, -0.15) is 0 Å². The Morgan fingerprint density at radius 3 is 2.31 bits per heavy atom. The fraction of sp³-hybridized carbons (Fsp3) is 0.0870. The van der Waals surface area contributed by atoms with E-state index in [-0.39, 0.29) is 22.1 Å². The molecule has 3 aromatic carbocycles. The first-order valence-electron chi connectivity index (χ1n) is 9.92. The van der Waals surface area contributed by atoms with Crippen LogP contribution in [0, 0.1) is 10.1 Å². The summed E-state index contributed by atoms with van der Waals surface area (Å²) in [6.07, 6.45) is 0.